The quantitative estimate of drug-likeness (QED) is 0.643. The molecule has 0 rings (SSSR count). The number of nitriles is 1. The minimum absolute atomic E-state index is 0.130. The lowest BCUT2D eigenvalue weighted by Crippen LogP contribution is -2.34. The second-order valence-electron chi connectivity index (χ2n) is 3.42. The van der Waals surface area contributed by atoms with Crippen molar-refractivity contribution in [1.29, 1.82) is 5.26 Å². The molecule has 0 aromatic carbocycles. The topological polar surface area (TPSA) is 81.4 Å². The summed E-state index contributed by atoms with van der Waals surface area (Å²) in [5.41, 5.74) is 0. The van der Waals surface area contributed by atoms with Crippen LogP contribution in [0.4, 0.5) is 0 Å². The van der Waals surface area contributed by atoms with Crippen LogP contribution in [0, 0.1) is 11.3 Å². The molecule has 15 heavy (non-hydrogen) atoms. The molecule has 1 unspecified atom stereocenters. The van der Waals surface area contributed by atoms with Crippen LogP contribution in [0.3, 0.4) is 0 Å². The maximum Gasteiger partial charge on any atom is 0.229 e. The molecule has 0 fully saturated rings. The average Bonchev–Trinajstić information content (AvgIpc) is 2.22. The lowest BCUT2D eigenvalue weighted by molar-refractivity contribution is 0.281. The van der Waals surface area contributed by atoms with E-state index in [4.69, 9.17) is 10.4 Å². The van der Waals surface area contributed by atoms with E-state index in [1.54, 1.807) is 6.07 Å². The van der Waals surface area contributed by atoms with Gasteiger partial charge in [0.25, 0.3) is 0 Å². The minimum atomic E-state index is -3.47. The van der Waals surface area contributed by atoms with E-state index in [-0.39, 0.29) is 6.61 Å². The van der Waals surface area contributed by atoms with E-state index in [9.17, 15) is 8.42 Å². The van der Waals surface area contributed by atoms with Crippen LogP contribution in [0.15, 0.2) is 0 Å². The second kappa shape index (κ2) is 6.77. The normalized spacial score (nSPS) is 13.8. The van der Waals surface area contributed by atoms with Crippen molar-refractivity contribution in [3.63, 3.8) is 0 Å². The van der Waals surface area contributed by atoms with Crippen LogP contribution in [0.2, 0.25) is 0 Å². The third-order valence-corrected chi connectivity index (χ3v) is 4.24. The van der Waals surface area contributed by atoms with E-state index in [2.05, 4.69) is 0 Å². The van der Waals surface area contributed by atoms with Gasteiger partial charge in [0.1, 0.15) is 0 Å². The van der Waals surface area contributed by atoms with Gasteiger partial charge in [-0.25, -0.2) is 12.7 Å². The third kappa shape index (κ3) is 4.60. The molecule has 0 saturated carbocycles. The Morgan fingerprint density at radius 2 is 2.00 bits per heavy atom. The number of nitrogens with zero attached hydrogens (tertiary/aromatic N) is 2. The first-order valence-electron chi connectivity index (χ1n) is 4.92. The van der Waals surface area contributed by atoms with Crippen molar-refractivity contribution in [3.8, 4) is 6.07 Å². The molecule has 0 amide bonds. The van der Waals surface area contributed by atoms with Gasteiger partial charge < -0.3 is 5.11 Å². The Morgan fingerprint density at radius 3 is 2.47 bits per heavy atom. The largest absolute Gasteiger partial charge is 0.396 e. The van der Waals surface area contributed by atoms with Gasteiger partial charge in [-0.3, -0.25) is 0 Å². The minimum Gasteiger partial charge on any atom is -0.396 e. The molecular weight excluding hydrogens is 216 g/mol. The number of aliphatic hydroxyl groups is 1. The average molecular weight is 234 g/mol. The van der Waals surface area contributed by atoms with Crippen molar-refractivity contribution >= 4 is 10.0 Å². The summed E-state index contributed by atoms with van der Waals surface area (Å²) in [7, 11) is -1.99. The van der Waals surface area contributed by atoms with Gasteiger partial charge in [0.15, 0.2) is 5.25 Å². The molecule has 0 spiro atoms. The number of sulfonamides is 1. The van der Waals surface area contributed by atoms with Crippen LogP contribution in [0.25, 0.3) is 0 Å². The van der Waals surface area contributed by atoms with Crippen LogP contribution in [-0.2, 0) is 10.0 Å². The summed E-state index contributed by atoms with van der Waals surface area (Å²) in [5, 5.41) is 16.1. The Kier molecular flexibility index (Phi) is 6.48. The maximum atomic E-state index is 11.6. The highest BCUT2D eigenvalue weighted by molar-refractivity contribution is 7.89. The molecule has 0 bridgehead atoms. The molecular formula is C9H18N2O3S. The first-order chi connectivity index (χ1) is 6.96. The number of aliphatic hydroxyl groups excluding tert-OH is 1. The van der Waals surface area contributed by atoms with Crippen LogP contribution in [0.1, 0.15) is 26.2 Å². The molecule has 0 saturated heterocycles. The van der Waals surface area contributed by atoms with Crippen molar-refractivity contribution in [2.24, 2.45) is 0 Å². The van der Waals surface area contributed by atoms with Crippen molar-refractivity contribution in [2.45, 2.75) is 31.4 Å². The van der Waals surface area contributed by atoms with Crippen molar-refractivity contribution in [3.05, 3.63) is 0 Å². The van der Waals surface area contributed by atoms with Gasteiger partial charge in [-0.1, -0.05) is 0 Å². The summed E-state index contributed by atoms with van der Waals surface area (Å²) in [6.45, 7) is 1.90. The monoisotopic (exact) mass is 234 g/mol. The Hall–Kier alpha value is -0.640. The molecule has 6 heteroatoms. The lowest BCUT2D eigenvalue weighted by Gasteiger charge is -2.18. The van der Waals surface area contributed by atoms with E-state index in [1.807, 2.05) is 0 Å². The molecule has 0 aromatic rings. The summed E-state index contributed by atoms with van der Waals surface area (Å²) >= 11 is 0. The standard InChI is InChI=1S/C9H18N2O3S/c1-9(8-10)15(13,14)11(2)6-4-3-5-7-12/h9,12H,3-7H2,1-2H3. The van der Waals surface area contributed by atoms with E-state index in [1.165, 1.54) is 18.3 Å². The van der Waals surface area contributed by atoms with Gasteiger partial charge in [-0.05, 0) is 26.2 Å². The predicted molar refractivity (Wildman–Crippen MR) is 57.6 cm³/mol. The SMILES string of the molecule is CC(C#N)S(=O)(=O)N(C)CCCCCO. The summed E-state index contributed by atoms with van der Waals surface area (Å²) in [6.07, 6.45) is 2.17. The highest BCUT2D eigenvalue weighted by atomic mass is 32.2. The summed E-state index contributed by atoms with van der Waals surface area (Å²) in [4.78, 5) is 0. The molecule has 1 N–H and O–H groups in total. The molecule has 0 radical (unpaired) electrons. The predicted octanol–water partition coefficient (Wildman–Crippen LogP) is 0.323. The van der Waals surface area contributed by atoms with Gasteiger partial charge in [-0.2, -0.15) is 5.26 Å². The highest BCUT2D eigenvalue weighted by Gasteiger charge is 2.24. The Bertz CT molecular complexity index is 308. The van der Waals surface area contributed by atoms with E-state index < -0.39 is 15.3 Å². The van der Waals surface area contributed by atoms with Gasteiger partial charge in [0.05, 0.1) is 6.07 Å². The van der Waals surface area contributed by atoms with Crippen LogP contribution in [-0.4, -0.2) is 43.3 Å². The van der Waals surface area contributed by atoms with Gasteiger partial charge in [0.2, 0.25) is 10.0 Å². The van der Waals surface area contributed by atoms with Crippen molar-refractivity contribution < 1.29 is 13.5 Å². The third-order valence-electron chi connectivity index (χ3n) is 2.19. The fourth-order valence-electron chi connectivity index (χ4n) is 1.09. The lowest BCUT2D eigenvalue weighted by atomic mass is 10.2. The highest BCUT2D eigenvalue weighted by Crippen LogP contribution is 2.07. The molecule has 88 valence electrons. The molecule has 0 aromatic heterocycles. The fourth-order valence-corrected chi connectivity index (χ4v) is 2.14. The maximum absolute atomic E-state index is 11.6. The molecule has 5 nitrogen and oxygen atoms in total. The molecule has 0 aliphatic rings. The Balaban J connectivity index is 4.10. The molecule has 1 atom stereocenters. The van der Waals surface area contributed by atoms with E-state index in [0.717, 1.165) is 6.42 Å². The first kappa shape index (κ1) is 14.4. The van der Waals surface area contributed by atoms with E-state index >= 15 is 0 Å². The zero-order valence-corrected chi connectivity index (χ0v) is 10.00. The number of hydrogen-bond acceptors (Lipinski definition) is 4. The summed E-state index contributed by atoms with van der Waals surface area (Å²) in [5.74, 6) is 0. The fraction of sp³-hybridized carbons (Fsp3) is 0.889. The molecule has 0 heterocycles. The van der Waals surface area contributed by atoms with Crippen LogP contribution < -0.4 is 0 Å². The molecule has 0 aliphatic carbocycles. The number of unbranched alkanes of at least 4 members (excludes halogenated alkanes) is 2. The van der Waals surface area contributed by atoms with E-state index in [0.29, 0.717) is 19.4 Å². The Labute approximate surface area is 91.4 Å². The Morgan fingerprint density at radius 1 is 1.40 bits per heavy atom. The zero-order chi connectivity index (χ0) is 11.9. The van der Waals surface area contributed by atoms with Crippen molar-refractivity contribution in [1.82, 2.24) is 4.31 Å². The van der Waals surface area contributed by atoms with Crippen LogP contribution >= 0.6 is 0 Å². The van der Waals surface area contributed by atoms with Gasteiger partial charge in [0, 0.05) is 20.2 Å². The first-order valence-corrected chi connectivity index (χ1v) is 6.42. The summed E-state index contributed by atoms with van der Waals surface area (Å²) in [6, 6.07) is 1.72. The second-order valence-corrected chi connectivity index (χ2v) is 5.78. The van der Waals surface area contributed by atoms with Gasteiger partial charge in [-0.15, -0.1) is 0 Å². The zero-order valence-electron chi connectivity index (χ0n) is 9.18. The number of hydrogen-bond donors (Lipinski definition) is 1. The summed E-state index contributed by atoms with van der Waals surface area (Å²) < 4.78 is 24.4. The van der Waals surface area contributed by atoms with Crippen molar-refractivity contribution in [2.75, 3.05) is 20.2 Å². The van der Waals surface area contributed by atoms with Crippen LogP contribution in [0.5, 0.6) is 0 Å². The molecule has 0 aliphatic heterocycles. The smallest absolute Gasteiger partial charge is 0.229 e. The van der Waals surface area contributed by atoms with Gasteiger partial charge >= 0.3 is 0 Å². The number of rotatable bonds is 7.